The fraction of sp³-hybridized carbons (Fsp3) is 0.857. The first-order valence-electron chi connectivity index (χ1n) is 3.86. The van der Waals surface area contributed by atoms with Crippen molar-refractivity contribution in [1.82, 2.24) is 15.5 Å². The highest BCUT2D eigenvalue weighted by Crippen LogP contribution is 1.90. The van der Waals surface area contributed by atoms with Crippen LogP contribution in [0.3, 0.4) is 0 Å². The predicted octanol–water partition coefficient (Wildman–Crippen LogP) is -1.36. The van der Waals surface area contributed by atoms with E-state index in [4.69, 9.17) is 0 Å². The molecule has 0 aromatic carbocycles. The first-order valence-corrected chi connectivity index (χ1v) is 3.86. The summed E-state index contributed by atoms with van der Waals surface area (Å²) in [6, 6.07) is -0.0289. The van der Waals surface area contributed by atoms with E-state index in [2.05, 4.69) is 10.6 Å². The Labute approximate surface area is 66.9 Å². The lowest BCUT2D eigenvalue weighted by Crippen LogP contribution is -2.56. The number of nitrogens with zero attached hydrogens (tertiary/aromatic N) is 1. The molecule has 64 valence electrons. The molecule has 0 bridgehead atoms. The van der Waals surface area contributed by atoms with Crippen LogP contribution in [0.25, 0.3) is 0 Å². The minimum Gasteiger partial charge on any atom is -0.353 e. The van der Waals surface area contributed by atoms with Crippen LogP contribution in [-0.2, 0) is 4.79 Å². The lowest BCUT2D eigenvalue weighted by Gasteiger charge is -2.25. The quantitative estimate of drug-likeness (QED) is 0.520. The van der Waals surface area contributed by atoms with Gasteiger partial charge in [0.05, 0.1) is 6.04 Å². The van der Waals surface area contributed by atoms with Crippen molar-refractivity contribution in [3.8, 4) is 0 Å². The summed E-state index contributed by atoms with van der Waals surface area (Å²) < 4.78 is 0. The minimum atomic E-state index is -0.0289. The van der Waals surface area contributed by atoms with Crippen LogP contribution < -0.4 is 10.6 Å². The standard InChI is InChI=1S/C7H15N3O/c1-10(2)5-6-7(11)9-4-3-8-6/h6,8H,3-5H2,1-2H3,(H,9,11)/t6-/m0/s1. The zero-order valence-electron chi connectivity index (χ0n) is 7.05. The van der Waals surface area contributed by atoms with Crippen LogP contribution in [0.5, 0.6) is 0 Å². The zero-order valence-corrected chi connectivity index (χ0v) is 7.05. The third-order valence-electron chi connectivity index (χ3n) is 1.68. The molecule has 1 fully saturated rings. The van der Waals surface area contributed by atoms with Gasteiger partial charge in [-0.1, -0.05) is 0 Å². The van der Waals surface area contributed by atoms with Gasteiger partial charge in [0.2, 0.25) is 5.91 Å². The highest BCUT2D eigenvalue weighted by molar-refractivity contribution is 5.82. The topological polar surface area (TPSA) is 44.4 Å². The largest absolute Gasteiger partial charge is 0.353 e. The second-order valence-corrected chi connectivity index (χ2v) is 3.06. The van der Waals surface area contributed by atoms with Gasteiger partial charge in [-0.25, -0.2) is 0 Å². The molecule has 1 amide bonds. The number of carbonyl (C=O) groups excluding carboxylic acids is 1. The van der Waals surface area contributed by atoms with Crippen LogP contribution in [0.2, 0.25) is 0 Å². The molecule has 1 atom stereocenters. The van der Waals surface area contributed by atoms with Gasteiger partial charge in [-0.15, -0.1) is 0 Å². The molecule has 11 heavy (non-hydrogen) atoms. The molecule has 0 aliphatic carbocycles. The first-order chi connectivity index (χ1) is 5.20. The second-order valence-electron chi connectivity index (χ2n) is 3.06. The highest BCUT2D eigenvalue weighted by Gasteiger charge is 2.20. The molecular weight excluding hydrogens is 142 g/mol. The maximum atomic E-state index is 11.1. The Hall–Kier alpha value is -0.610. The number of rotatable bonds is 2. The number of piperazine rings is 1. The van der Waals surface area contributed by atoms with Gasteiger partial charge in [0.1, 0.15) is 0 Å². The maximum absolute atomic E-state index is 11.1. The molecule has 0 aromatic rings. The Morgan fingerprint density at radius 1 is 1.55 bits per heavy atom. The van der Waals surface area contributed by atoms with Gasteiger partial charge in [0.25, 0.3) is 0 Å². The van der Waals surface area contributed by atoms with Crippen molar-refractivity contribution in [3.63, 3.8) is 0 Å². The van der Waals surface area contributed by atoms with Gasteiger partial charge in [-0.05, 0) is 14.1 Å². The molecular formula is C7H15N3O. The van der Waals surface area contributed by atoms with Gasteiger partial charge in [0, 0.05) is 19.6 Å². The Bertz CT molecular complexity index is 147. The predicted molar refractivity (Wildman–Crippen MR) is 43.4 cm³/mol. The molecule has 0 radical (unpaired) electrons. The molecule has 1 aliphatic heterocycles. The summed E-state index contributed by atoms with van der Waals surface area (Å²) in [7, 11) is 3.92. The zero-order chi connectivity index (χ0) is 8.27. The summed E-state index contributed by atoms with van der Waals surface area (Å²) in [4.78, 5) is 13.1. The van der Waals surface area contributed by atoms with E-state index in [1.54, 1.807) is 0 Å². The molecule has 1 rings (SSSR count). The monoisotopic (exact) mass is 157 g/mol. The van der Waals surface area contributed by atoms with Crippen molar-refractivity contribution in [2.24, 2.45) is 0 Å². The normalized spacial score (nSPS) is 25.4. The molecule has 2 N–H and O–H groups in total. The van der Waals surface area contributed by atoms with E-state index < -0.39 is 0 Å². The van der Waals surface area contributed by atoms with E-state index in [-0.39, 0.29) is 11.9 Å². The van der Waals surface area contributed by atoms with Crippen LogP contribution in [0, 0.1) is 0 Å². The van der Waals surface area contributed by atoms with E-state index in [1.807, 2.05) is 19.0 Å². The van der Waals surface area contributed by atoms with Crippen molar-refractivity contribution >= 4 is 5.91 Å². The van der Waals surface area contributed by atoms with Gasteiger partial charge in [-0.2, -0.15) is 0 Å². The Balaban J connectivity index is 2.36. The van der Waals surface area contributed by atoms with Crippen molar-refractivity contribution in [2.75, 3.05) is 33.7 Å². The number of nitrogens with one attached hydrogen (secondary N) is 2. The second kappa shape index (κ2) is 3.69. The molecule has 0 aromatic heterocycles. The molecule has 4 heteroatoms. The molecule has 1 heterocycles. The average molecular weight is 157 g/mol. The van der Waals surface area contributed by atoms with Crippen LogP contribution >= 0.6 is 0 Å². The van der Waals surface area contributed by atoms with Gasteiger partial charge in [-0.3, -0.25) is 4.79 Å². The summed E-state index contributed by atoms with van der Waals surface area (Å²) in [6.07, 6.45) is 0. The Kier molecular flexibility index (Phi) is 2.84. The van der Waals surface area contributed by atoms with Crippen molar-refractivity contribution in [1.29, 1.82) is 0 Å². The average Bonchev–Trinajstić information content (AvgIpc) is 1.93. The van der Waals surface area contributed by atoms with E-state index in [0.717, 1.165) is 19.6 Å². The summed E-state index contributed by atoms with van der Waals surface area (Å²) in [6.45, 7) is 2.40. The van der Waals surface area contributed by atoms with Gasteiger partial charge >= 0.3 is 0 Å². The number of amides is 1. The van der Waals surface area contributed by atoms with E-state index >= 15 is 0 Å². The minimum absolute atomic E-state index is 0.0289. The molecule has 0 saturated carbocycles. The molecule has 0 unspecified atom stereocenters. The third kappa shape index (κ3) is 2.48. The summed E-state index contributed by atoms with van der Waals surface area (Å²) in [5.74, 6) is 0.116. The highest BCUT2D eigenvalue weighted by atomic mass is 16.2. The van der Waals surface area contributed by atoms with Crippen LogP contribution in [0.4, 0.5) is 0 Å². The molecule has 0 spiro atoms. The Morgan fingerprint density at radius 2 is 2.27 bits per heavy atom. The van der Waals surface area contributed by atoms with Crippen LogP contribution in [0.15, 0.2) is 0 Å². The lowest BCUT2D eigenvalue weighted by atomic mass is 10.2. The summed E-state index contributed by atoms with van der Waals surface area (Å²) in [5, 5.41) is 5.96. The number of hydrogen-bond donors (Lipinski definition) is 2. The van der Waals surface area contributed by atoms with Crippen molar-refractivity contribution in [2.45, 2.75) is 6.04 Å². The number of carbonyl (C=O) groups is 1. The van der Waals surface area contributed by atoms with Crippen molar-refractivity contribution < 1.29 is 4.79 Å². The number of hydrogen-bond acceptors (Lipinski definition) is 3. The fourth-order valence-corrected chi connectivity index (χ4v) is 1.16. The molecule has 1 aliphatic rings. The van der Waals surface area contributed by atoms with Crippen LogP contribution in [0.1, 0.15) is 0 Å². The van der Waals surface area contributed by atoms with Crippen LogP contribution in [-0.4, -0.2) is 50.6 Å². The third-order valence-corrected chi connectivity index (χ3v) is 1.68. The molecule has 4 nitrogen and oxygen atoms in total. The summed E-state index contributed by atoms with van der Waals surface area (Å²) in [5.41, 5.74) is 0. The smallest absolute Gasteiger partial charge is 0.238 e. The number of likely N-dealkylation sites (N-methyl/N-ethyl adjacent to an activating group) is 1. The Morgan fingerprint density at radius 3 is 2.82 bits per heavy atom. The first kappa shape index (κ1) is 8.49. The van der Waals surface area contributed by atoms with Crippen molar-refractivity contribution in [3.05, 3.63) is 0 Å². The molecule has 1 saturated heterocycles. The van der Waals surface area contributed by atoms with E-state index in [9.17, 15) is 4.79 Å². The SMILES string of the molecule is CN(C)C[C@@H]1NCCNC1=O. The summed E-state index contributed by atoms with van der Waals surface area (Å²) >= 11 is 0. The van der Waals surface area contributed by atoms with E-state index in [0.29, 0.717) is 0 Å². The van der Waals surface area contributed by atoms with Gasteiger partial charge in [0.15, 0.2) is 0 Å². The maximum Gasteiger partial charge on any atom is 0.238 e. The fourth-order valence-electron chi connectivity index (χ4n) is 1.16. The van der Waals surface area contributed by atoms with E-state index in [1.165, 1.54) is 0 Å². The lowest BCUT2D eigenvalue weighted by molar-refractivity contribution is -0.124. The van der Waals surface area contributed by atoms with Gasteiger partial charge < -0.3 is 15.5 Å².